The van der Waals surface area contributed by atoms with Crippen LogP contribution in [0.4, 0.5) is 5.82 Å². The molecule has 0 spiro atoms. The number of carbonyl (C=O) groups excluding carboxylic acids is 1. The number of amides is 1. The molecule has 0 aliphatic rings. The molecule has 0 saturated heterocycles. The van der Waals surface area contributed by atoms with Gasteiger partial charge in [-0.1, -0.05) is 80.0 Å². The van der Waals surface area contributed by atoms with Gasteiger partial charge in [-0.05, 0) is 24.0 Å². The zero-order valence-corrected chi connectivity index (χ0v) is 19.3. The van der Waals surface area contributed by atoms with Crippen molar-refractivity contribution in [3.63, 3.8) is 0 Å². The minimum Gasteiger partial charge on any atom is -0.335 e. The summed E-state index contributed by atoms with van der Waals surface area (Å²) < 4.78 is 1.38. The molecular formula is C20H22Cl2N6OS. The number of hydrogen-bond acceptors (Lipinski definition) is 6. The number of pyridine rings is 1. The van der Waals surface area contributed by atoms with E-state index < -0.39 is 5.25 Å². The SMILES string of the molecule is CC(Sc1nnc(-c2ccc(C(C)(C)C)cc2)n1N)C(=O)Nc1ncc(Cl)cc1Cl. The van der Waals surface area contributed by atoms with Gasteiger partial charge in [-0.25, -0.2) is 9.66 Å². The smallest absolute Gasteiger partial charge is 0.238 e. The Labute approximate surface area is 189 Å². The molecule has 7 nitrogen and oxygen atoms in total. The van der Waals surface area contributed by atoms with E-state index in [9.17, 15) is 4.79 Å². The van der Waals surface area contributed by atoms with E-state index in [2.05, 4.69) is 53.4 Å². The molecule has 3 rings (SSSR count). The number of nitrogens with one attached hydrogen (secondary N) is 1. The van der Waals surface area contributed by atoms with Crippen LogP contribution in [-0.4, -0.2) is 31.0 Å². The lowest BCUT2D eigenvalue weighted by Crippen LogP contribution is -2.24. The fraction of sp³-hybridized carbons (Fsp3) is 0.300. The summed E-state index contributed by atoms with van der Waals surface area (Å²) in [6.45, 7) is 8.19. The number of halogens is 2. The third-order valence-corrected chi connectivity index (χ3v) is 5.93. The van der Waals surface area contributed by atoms with Crippen LogP contribution >= 0.6 is 35.0 Å². The molecule has 0 fully saturated rings. The summed E-state index contributed by atoms with van der Waals surface area (Å²) in [5, 5.41) is 11.6. The van der Waals surface area contributed by atoms with Crippen molar-refractivity contribution in [3.8, 4) is 11.4 Å². The molecule has 0 aliphatic carbocycles. The molecule has 3 N–H and O–H groups in total. The van der Waals surface area contributed by atoms with Crippen LogP contribution in [0, 0.1) is 0 Å². The molecule has 2 aromatic heterocycles. The summed E-state index contributed by atoms with van der Waals surface area (Å²) in [5.74, 6) is 6.66. The van der Waals surface area contributed by atoms with Crippen molar-refractivity contribution in [1.82, 2.24) is 19.9 Å². The molecule has 2 heterocycles. The third kappa shape index (κ3) is 5.06. The van der Waals surface area contributed by atoms with Crippen molar-refractivity contribution in [2.75, 3.05) is 11.2 Å². The maximum Gasteiger partial charge on any atom is 0.238 e. The monoisotopic (exact) mass is 464 g/mol. The third-order valence-electron chi connectivity index (χ3n) is 4.37. The van der Waals surface area contributed by atoms with Gasteiger partial charge >= 0.3 is 0 Å². The highest BCUT2D eigenvalue weighted by molar-refractivity contribution is 8.00. The Kier molecular flexibility index (Phi) is 6.59. The van der Waals surface area contributed by atoms with Crippen molar-refractivity contribution in [1.29, 1.82) is 0 Å². The number of anilines is 1. The minimum absolute atomic E-state index is 0.0561. The van der Waals surface area contributed by atoms with Crippen LogP contribution in [0.15, 0.2) is 41.7 Å². The largest absolute Gasteiger partial charge is 0.335 e. The van der Waals surface area contributed by atoms with Crippen LogP contribution in [0.2, 0.25) is 10.0 Å². The molecule has 10 heteroatoms. The van der Waals surface area contributed by atoms with Crippen molar-refractivity contribution in [2.24, 2.45) is 0 Å². The summed E-state index contributed by atoms with van der Waals surface area (Å²) in [4.78, 5) is 16.5. The first-order valence-electron chi connectivity index (χ1n) is 9.16. The van der Waals surface area contributed by atoms with Crippen molar-refractivity contribution in [2.45, 2.75) is 43.5 Å². The van der Waals surface area contributed by atoms with Crippen LogP contribution in [-0.2, 0) is 10.2 Å². The number of aromatic nitrogens is 4. The van der Waals surface area contributed by atoms with E-state index in [1.165, 1.54) is 34.3 Å². The number of nitrogens with zero attached hydrogens (tertiary/aromatic N) is 4. The number of benzene rings is 1. The lowest BCUT2D eigenvalue weighted by molar-refractivity contribution is -0.115. The van der Waals surface area contributed by atoms with Crippen LogP contribution in [0.25, 0.3) is 11.4 Å². The molecule has 1 unspecified atom stereocenters. The molecule has 1 aromatic carbocycles. The van der Waals surface area contributed by atoms with Crippen LogP contribution in [0.1, 0.15) is 33.3 Å². The average Bonchev–Trinajstić information content (AvgIpc) is 3.03. The Balaban J connectivity index is 1.71. The van der Waals surface area contributed by atoms with Gasteiger partial charge in [-0.2, -0.15) is 0 Å². The van der Waals surface area contributed by atoms with Gasteiger partial charge in [0.15, 0.2) is 11.6 Å². The number of nitrogen functional groups attached to an aromatic ring is 1. The summed E-state index contributed by atoms with van der Waals surface area (Å²) in [6, 6.07) is 9.54. The number of thioether (sulfide) groups is 1. The first-order valence-corrected chi connectivity index (χ1v) is 10.8. The van der Waals surface area contributed by atoms with E-state index in [0.29, 0.717) is 16.0 Å². The van der Waals surface area contributed by atoms with Gasteiger partial charge in [0.1, 0.15) is 0 Å². The standard InChI is InChI=1S/C20H22Cl2N6OS/c1-11(18(29)25-16-15(22)9-14(21)10-24-16)30-19-27-26-17(28(19)23)12-5-7-13(8-6-12)20(2,3)4/h5-11H,23H2,1-4H3,(H,24,25,29). The molecule has 0 saturated carbocycles. The van der Waals surface area contributed by atoms with E-state index in [1.807, 2.05) is 12.1 Å². The molecule has 30 heavy (non-hydrogen) atoms. The fourth-order valence-corrected chi connectivity index (χ4v) is 3.81. The van der Waals surface area contributed by atoms with Crippen LogP contribution in [0.5, 0.6) is 0 Å². The summed E-state index contributed by atoms with van der Waals surface area (Å²) in [5.41, 5.74) is 2.11. The van der Waals surface area contributed by atoms with Crippen molar-refractivity contribution < 1.29 is 4.79 Å². The molecule has 1 atom stereocenters. The second kappa shape index (κ2) is 8.83. The van der Waals surface area contributed by atoms with Crippen LogP contribution < -0.4 is 11.2 Å². The quantitative estimate of drug-likeness (QED) is 0.416. The molecule has 3 aromatic rings. The van der Waals surface area contributed by atoms with Gasteiger partial charge < -0.3 is 11.2 Å². The number of rotatable bonds is 5. The lowest BCUT2D eigenvalue weighted by atomic mass is 9.87. The van der Waals surface area contributed by atoms with Crippen molar-refractivity contribution >= 4 is 46.7 Å². The topological polar surface area (TPSA) is 98.7 Å². The van der Waals surface area contributed by atoms with Gasteiger partial charge in [-0.15, -0.1) is 10.2 Å². The first-order chi connectivity index (χ1) is 14.1. The zero-order chi connectivity index (χ0) is 22.1. The highest BCUT2D eigenvalue weighted by Crippen LogP contribution is 2.29. The summed E-state index contributed by atoms with van der Waals surface area (Å²) in [7, 11) is 0. The molecule has 158 valence electrons. The maximum absolute atomic E-state index is 12.5. The predicted molar refractivity (Wildman–Crippen MR) is 123 cm³/mol. The average molecular weight is 465 g/mol. The normalized spacial score (nSPS) is 12.6. The Hall–Kier alpha value is -2.29. The zero-order valence-electron chi connectivity index (χ0n) is 17.0. The van der Waals surface area contributed by atoms with E-state index in [1.54, 1.807) is 6.92 Å². The van der Waals surface area contributed by atoms with Crippen molar-refractivity contribution in [3.05, 3.63) is 52.1 Å². The number of carbonyl (C=O) groups is 1. The molecule has 0 aliphatic heterocycles. The van der Waals surface area contributed by atoms with Gasteiger partial charge in [-0.3, -0.25) is 4.79 Å². The highest BCUT2D eigenvalue weighted by atomic mass is 35.5. The van der Waals surface area contributed by atoms with E-state index >= 15 is 0 Å². The predicted octanol–water partition coefficient (Wildman–Crippen LogP) is 4.78. The second-order valence-corrected chi connectivity index (χ2v) is 9.89. The Bertz CT molecular complexity index is 1060. The molecule has 0 bridgehead atoms. The molecule has 1 amide bonds. The van der Waals surface area contributed by atoms with E-state index in [-0.39, 0.29) is 22.2 Å². The van der Waals surface area contributed by atoms with Gasteiger partial charge in [0, 0.05) is 11.8 Å². The van der Waals surface area contributed by atoms with Gasteiger partial charge in [0.25, 0.3) is 0 Å². The second-order valence-electron chi connectivity index (χ2n) is 7.74. The Morgan fingerprint density at radius 2 is 1.87 bits per heavy atom. The minimum atomic E-state index is -0.513. The van der Waals surface area contributed by atoms with Gasteiger partial charge in [0.05, 0.1) is 15.3 Å². The highest BCUT2D eigenvalue weighted by Gasteiger charge is 2.21. The summed E-state index contributed by atoms with van der Waals surface area (Å²) >= 11 is 13.1. The lowest BCUT2D eigenvalue weighted by Gasteiger charge is -2.19. The van der Waals surface area contributed by atoms with Crippen LogP contribution in [0.3, 0.4) is 0 Å². The van der Waals surface area contributed by atoms with E-state index in [0.717, 1.165) is 5.56 Å². The summed E-state index contributed by atoms with van der Waals surface area (Å²) in [6.07, 6.45) is 1.41. The Morgan fingerprint density at radius 3 is 2.47 bits per heavy atom. The fourth-order valence-electron chi connectivity index (χ4n) is 2.61. The Morgan fingerprint density at radius 1 is 1.20 bits per heavy atom. The number of hydrogen-bond donors (Lipinski definition) is 2. The van der Waals surface area contributed by atoms with Gasteiger partial charge in [0.2, 0.25) is 11.1 Å². The number of nitrogens with two attached hydrogens (primary N) is 1. The molecular weight excluding hydrogens is 443 g/mol. The van der Waals surface area contributed by atoms with E-state index in [4.69, 9.17) is 29.0 Å². The molecule has 0 radical (unpaired) electrons. The maximum atomic E-state index is 12.5. The first kappa shape index (κ1) is 22.4.